The number of halogens is 1. The molecule has 2 aliphatic rings. The van der Waals surface area contributed by atoms with Crippen molar-refractivity contribution in [3.63, 3.8) is 0 Å². The number of rotatable bonds is 3. The van der Waals surface area contributed by atoms with Gasteiger partial charge in [0.1, 0.15) is 11.5 Å². The Morgan fingerprint density at radius 1 is 1.03 bits per heavy atom. The van der Waals surface area contributed by atoms with E-state index in [-0.39, 0.29) is 12.3 Å². The molecule has 0 unspecified atom stereocenters. The summed E-state index contributed by atoms with van der Waals surface area (Å²) in [5.74, 6) is 1.74. The van der Waals surface area contributed by atoms with Gasteiger partial charge in [0.15, 0.2) is 0 Å². The number of fused-ring (bicyclic) bond motifs is 3. The fraction of sp³-hybridized carbons (Fsp3) is 0.208. The predicted molar refractivity (Wildman–Crippen MR) is 117 cm³/mol. The second-order valence-corrected chi connectivity index (χ2v) is 8.35. The Balaban J connectivity index is 1.58. The van der Waals surface area contributed by atoms with Crippen LogP contribution >= 0.6 is 15.9 Å². The summed E-state index contributed by atoms with van der Waals surface area (Å²) in [5, 5.41) is 7.12. The van der Waals surface area contributed by atoms with E-state index < -0.39 is 0 Å². The van der Waals surface area contributed by atoms with Crippen molar-refractivity contribution in [1.82, 2.24) is 5.01 Å². The maximum atomic E-state index is 6.42. The van der Waals surface area contributed by atoms with E-state index in [4.69, 9.17) is 14.6 Å². The number of methoxy groups -OCH3 is 1. The fourth-order valence-electron chi connectivity index (χ4n) is 3.97. The Kier molecular flexibility index (Phi) is 4.55. The number of ether oxygens (including phenoxy) is 2. The first kappa shape index (κ1) is 18.3. The van der Waals surface area contributed by atoms with Gasteiger partial charge in [-0.05, 0) is 55.0 Å². The van der Waals surface area contributed by atoms with Gasteiger partial charge in [0.2, 0.25) is 6.23 Å². The predicted octanol–water partition coefficient (Wildman–Crippen LogP) is 6.01. The average molecular weight is 449 g/mol. The molecular formula is C24H21BrN2O2. The molecule has 0 fully saturated rings. The lowest BCUT2D eigenvalue weighted by Gasteiger charge is -2.38. The van der Waals surface area contributed by atoms with Gasteiger partial charge in [0, 0.05) is 22.0 Å². The highest BCUT2D eigenvalue weighted by Crippen LogP contribution is 2.48. The van der Waals surface area contributed by atoms with Crippen LogP contribution in [-0.2, 0) is 0 Å². The van der Waals surface area contributed by atoms with Gasteiger partial charge in [0.05, 0.1) is 18.9 Å². The summed E-state index contributed by atoms with van der Waals surface area (Å²) in [4.78, 5) is 0. The molecule has 0 aromatic heterocycles. The zero-order chi connectivity index (χ0) is 20.0. The first-order chi connectivity index (χ1) is 14.1. The minimum Gasteiger partial charge on any atom is -0.497 e. The molecule has 29 heavy (non-hydrogen) atoms. The van der Waals surface area contributed by atoms with Gasteiger partial charge >= 0.3 is 0 Å². The minimum absolute atomic E-state index is 0.139. The van der Waals surface area contributed by atoms with E-state index in [0.29, 0.717) is 0 Å². The lowest BCUT2D eigenvalue weighted by molar-refractivity contribution is -0.0191. The zero-order valence-electron chi connectivity index (χ0n) is 16.3. The van der Waals surface area contributed by atoms with Gasteiger partial charge in [-0.2, -0.15) is 5.10 Å². The van der Waals surface area contributed by atoms with E-state index in [0.717, 1.165) is 44.8 Å². The van der Waals surface area contributed by atoms with Gasteiger partial charge in [-0.25, -0.2) is 5.01 Å². The number of hydrazone groups is 1. The van der Waals surface area contributed by atoms with E-state index >= 15 is 0 Å². The standard InChI is InChI=1S/C24H21BrN2O2/c1-15-3-5-16(6-4-15)21-14-22-20-13-18(25)9-12-23(20)29-24(27(22)26-21)17-7-10-19(28-2)11-8-17/h3-13,22,24H,14H2,1-2H3/t22-,24-/m1/s1. The summed E-state index contributed by atoms with van der Waals surface area (Å²) >= 11 is 3.61. The molecular weight excluding hydrogens is 428 g/mol. The Bertz CT molecular complexity index is 1080. The summed E-state index contributed by atoms with van der Waals surface area (Å²) in [6.07, 6.45) is 0.574. The summed E-state index contributed by atoms with van der Waals surface area (Å²) < 4.78 is 12.8. The Labute approximate surface area is 178 Å². The molecule has 3 aromatic carbocycles. The fourth-order valence-corrected chi connectivity index (χ4v) is 4.35. The topological polar surface area (TPSA) is 34.1 Å². The summed E-state index contributed by atoms with van der Waals surface area (Å²) in [7, 11) is 1.68. The molecule has 5 rings (SSSR count). The first-order valence-corrected chi connectivity index (χ1v) is 10.4. The molecule has 2 heterocycles. The van der Waals surface area contributed by atoms with Crippen LogP contribution in [0.2, 0.25) is 0 Å². The first-order valence-electron chi connectivity index (χ1n) is 9.65. The van der Waals surface area contributed by atoms with Crippen molar-refractivity contribution in [2.75, 3.05) is 7.11 Å². The molecule has 2 atom stereocenters. The summed E-state index contributed by atoms with van der Waals surface area (Å²) in [5.41, 5.74) is 5.71. The van der Waals surface area contributed by atoms with Gasteiger partial charge in [-0.1, -0.05) is 45.8 Å². The van der Waals surface area contributed by atoms with E-state index in [1.807, 2.05) is 36.4 Å². The molecule has 0 spiro atoms. The van der Waals surface area contributed by atoms with Crippen LogP contribution < -0.4 is 9.47 Å². The van der Waals surface area contributed by atoms with Crippen molar-refractivity contribution in [1.29, 1.82) is 0 Å². The molecule has 0 saturated heterocycles. The average Bonchev–Trinajstić information content (AvgIpc) is 3.20. The number of nitrogens with zero attached hydrogens (tertiary/aromatic N) is 2. The van der Waals surface area contributed by atoms with E-state index in [1.54, 1.807) is 7.11 Å². The molecule has 0 amide bonds. The normalized spacial score (nSPS) is 19.8. The highest BCUT2D eigenvalue weighted by Gasteiger charge is 2.41. The molecule has 0 aliphatic carbocycles. The molecule has 4 nitrogen and oxygen atoms in total. The van der Waals surface area contributed by atoms with E-state index in [2.05, 4.69) is 58.2 Å². The second kappa shape index (κ2) is 7.23. The lowest BCUT2D eigenvalue weighted by atomic mass is 9.95. The van der Waals surface area contributed by atoms with Crippen molar-refractivity contribution in [2.24, 2.45) is 5.10 Å². The minimum atomic E-state index is -0.275. The van der Waals surface area contributed by atoms with Crippen LogP contribution in [-0.4, -0.2) is 17.8 Å². The lowest BCUT2D eigenvalue weighted by Crippen LogP contribution is -2.33. The zero-order valence-corrected chi connectivity index (χ0v) is 17.9. The van der Waals surface area contributed by atoms with Crippen LogP contribution in [0.15, 0.2) is 76.3 Å². The van der Waals surface area contributed by atoms with Crippen molar-refractivity contribution < 1.29 is 9.47 Å². The monoisotopic (exact) mass is 448 g/mol. The van der Waals surface area contributed by atoms with Crippen molar-refractivity contribution in [2.45, 2.75) is 25.6 Å². The van der Waals surface area contributed by atoms with Crippen LogP contribution in [0, 0.1) is 6.92 Å². The second-order valence-electron chi connectivity index (χ2n) is 7.44. The molecule has 146 valence electrons. The molecule has 0 radical (unpaired) electrons. The SMILES string of the molecule is COc1ccc([C@H]2Oc3ccc(Br)cc3[C@H]3CC(c4ccc(C)cc4)=NN32)cc1. The number of hydrogen-bond donors (Lipinski definition) is 0. The van der Waals surface area contributed by atoms with E-state index in [9.17, 15) is 0 Å². The molecule has 3 aromatic rings. The van der Waals surface area contributed by atoms with Crippen LogP contribution in [0.3, 0.4) is 0 Å². The number of hydrogen-bond acceptors (Lipinski definition) is 4. The molecule has 0 N–H and O–H groups in total. The maximum Gasteiger partial charge on any atom is 0.213 e. The van der Waals surface area contributed by atoms with E-state index in [1.165, 1.54) is 5.56 Å². The summed E-state index contributed by atoms with van der Waals surface area (Å²) in [6.45, 7) is 2.10. The van der Waals surface area contributed by atoms with Gasteiger partial charge < -0.3 is 9.47 Å². The van der Waals surface area contributed by atoms with Crippen LogP contribution in [0.4, 0.5) is 0 Å². The maximum absolute atomic E-state index is 6.42. The largest absolute Gasteiger partial charge is 0.497 e. The molecule has 0 saturated carbocycles. The van der Waals surface area contributed by atoms with Crippen molar-refractivity contribution >= 4 is 21.6 Å². The molecule has 0 bridgehead atoms. The smallest absolute Gasteiger partial charge is 0.213 e. The third kappa shape index (κ3) is 3.29. The van der Waals surface area contributed by atoms with Gasteiger partial charge in [-0.3, -0.25) is 0 Å². The van der Waals surface area contributed by atoms with Gasteiger partial charge in [-0.15, -0.1) is 0 Å². The third-order valence-corrected chi connectivity index (χ3v) is 6.03. The quantitative estimate of drug-likeness (QED) is 0.491. The third-order valence-electron chi connectivity index (χ3n) is 5.54. The Morgan fingerprint density at radius 3 is 2.52 bits per heavy atom. The highest BCUT2D eigenvalue weighted by atomic mass is 79.9. The van der Waals surface area contributed by atoms with Crippen LogP contribution in [0.25, 0.3) is 0 Å². The van der Waals surface area contributed by atoms with Crippen molar-refractivity contribution in [3.8, 4) is 11.5 Å². The van der Waals surface area contributed by atoms with Gasteiger partial charge in [0.25, 0.3) is 0 Å². The summed E-state index contributed by atoms with van der Waals surface area (Å²) in [6, 6.07) is 22.9. The number of benzene rings is 3. The number of aryl methyl sites for hydroxylation is 1. The Hall–Kier alpha value is -2.79. The van der Waals surface area contributed by atoms with Crippen LogP contribution in [0.5, 0.6) is 11.5 Å². The molecule has 2 aliphatic heterocycles. The highest BCUT2D eigenvalue weighted by molar-refractivity contribution is 9.10. The Morgan fingerprint density at radius 2 is 1.79 bits per heavy atom. The van der Waals surface area contributed by atoms with Crippen molar-refractivity contribution in [3.05, 3.63) is 93.5 Å². The van der Waals surface area contributed by atoms with Crippen LogP contribution in [0.1, 0.15) is 40.9 Å². The molecule has 5 heteroatoms.